The van der Waals surface area contributed by atoms with Crippen LogP contribution in [0.3, 0.4) is 0 Å². The molecule has 0 bridgehead atoms. The Morgan fingerprint density at radius 3 is 2.12 bits per heavy atom. The highest BCUT2D eigenvalue weighted by atomic mass is 35.5. The highest BCUT2D eigenvalue weighted by Gasteiger charge is 2.30. The first-order chi connectivity index (χ1) is 11.9. The molecule has 0 fully saturated rings. The average molecular weight is 385 g/mol. The SMILES string of the molecule is FC(F)(F)c1ccc(Oc2ccc(NCc3cnc(Cl)s3)cc2)cc1. The van der Waals surface area contributed by atoms with Crippen molar-refractivity contribution in [1.29, 1.82) is 0 Å². The van der Waals surface area contributed by atoms with Crippen LogP contribution < -0.4 is 10.1 Å². The summed E-state index contributed by atoms with van der Waals surface area (Å²) in [6, 6.07) is 11.7. The van der Waals surface area contributed by atoms with E-state index in [1.807, 2.05) is 12.1 Å². The topological polar surface area (TPSA) is 34.1 Å². The molecule has 0 radical (unpaired) electrons. The molecular formula is C17H12ClF3N2OS. The highest BCUT2D eigenvalue weighted by Crippen LogP contribution is 2.31. The number of rotatable bonds is 5. The van der Waals surface area contributed by atoms with Crippen molar-refractivity contribution >= 4 is 28.6 Å². The number of nitrogens with one attached hydrogen (secondary N) is 1. The average Bonchev–Trinajstić information content (AvgIpc) is 2.99. The van der Waals surface area contributed by atoms with E-state index in [-0.39, 0.29) is 0 Å². The summed E-state index contributed by atoms with van der Waals surface area (Å²) in [5, 5.41) is 3.22. The van der Waals surface area contributed by atoms with Crippen molar-refractivity contribution < 1.29 is 17.9 Å². The minimum Gasteiger partial charge on any atom is -0.457 e. The Balaban J connectivity index is 1.58. The molecule has 2 aromatic carbocycles. The van der Waals surface area contributed by atoms with Crippen molar-refractivity contribution in [3.8, 4) is 11.5 Å². The summed E-state index contributed by atoms with van der Waals surface area (Å²) in [7, 11) is 0. The predicted molar refractivity (Wildman–Crippen MR) is 92.4 cm³/mol. The van der Waals surface area contributed by atoms with Crippen molar-refractivity contribution in [2.45, 2.75) is 12.7 Å². The zero-order valence-corrected chi connectivity index (χ0v) is 14.3. The van der Waals surface area contributed by atoms with Gasteiger partial charge in [0.1, 0.15) is 11.5 Å². The van der Waals surface area contributed by atoms with Gasteiger partial charge in [-0.15, -0.1) is 11.3 Å². The van der Waals surface area contributed by atoms with Gasteiger partial charge in [-0.25, -0.2) is 4.98 Å². The van der Waals surface area contributed by atoms with E-state index < -0.39 is 11.7 Å². The Morgan fingerprint density at radius 1 is 1.00 bits per heavy atom. The maximum atomic E-state index is 12.5. The Hall–Kier alpha value is -2.25. The van der Waals surface area contributed by atoms with E-state index in [9.17, 15) is 13.2 Å². The van der Waals surface area contributed by atoms with Crippen LogP contribution >= 0.6 is 22.9 Å². The second-order valence-corrected chi connectivity index (χ2v) is 6.78. The molecule has 1 heterocycles. The Labute approximate surface area is 151 Å². The quantitative estimate of drug-likeness (QED) is 0.567. The maximum Gasteiger partial charge on any atom is 0.416 e. The fourth-order valence-electron chi connectivity index (χ4n) is 2.04. The van der Waals surface area contributed by atoms with Crippen molar-refractivity contribution in [3.05, 3.63) is 69.6 Å². The lowest BCUT2D eigenvalue weighted by Gasteiger charge is -2.10. The number of hydrogen-bond donors (Lipinski definition) is 1. The zero-order chi connectivity index (χ0) is 17.9. The smallest absolute Gasteiger partial charge is 0.416 e. The van der Waals surface area contributed by atoms with Crippen LogP contribution in [-0.4, -0.2) is 4.98 Å². The van der Waals surface area contributed by atoms with Crippen molar-refractivity contribution in [1.82, 2.24) is 4.98 Å². The van der Waals surface area contributed by atoms with Gasteiger partial charge in [-0.2, -0.15) is 13.2 Å². The van der Waals surface area contributed by atoms with E-state index >= 15 is 0 Å². The molecule has 0 atom stereocenters. The molecule has 0 aliphatic carbocycles. The van der Waals surface area contributed by atoms with E-state index in [0.29, 0.717) is 22.5 Å². The second-order valence-electron chi connectivity index (χ2n) is 5.08. The lowest BCUT2D eigenvalue weighted by Crippen LogP contribution is -2.03. The van der Waals surface area contributed by atoms with Crippen LogP contribution in [0.2, 0.25) is 4.47 Å². The Kier molecular flexibility index (Phi) is 5.15. The molecule has 0 saturated carbocycles. The van der Waals surface area contributed by atoms with Gasteiger partial charge in [-0.05, 0) is 48.5 Å². The van der Waals surface area contributed by atoms with Crippen molar-refractivity contribution in [3.63, 3.8) is 0 Å². The van der Waals surface area contributed by atoms with Crippen LogP contribution in [0.4, 0.5) is 18.9 Å². The van der Waals surface area contributed by atoms with Crippen molar-refractivity contribution in [2.24, 2.45) is 0 Å². The molecule has 0 spiro atoms. The number of thiazole rings is 1. The number of alkyl halides is 3. The molecular weight excluding hydrogens is 373 g/mol. The van der Waals surface area contributed by atoms with Crippen molar-refractivity contribution in [2.75, 3.05) is 5.32 Å². The number of aromatic nitrogens is 1. The van der Waals surface area contributed by atoms with Gasteiger partial charge in [-0.1, -0.05) is 11.6 Å². The summed E-state index contributed by atoms with van der Waals surface area (Å²) in [5.41, 5.74) is 0.173. The molecule has 8 heteroatoms. The van der Waals surface area contributed by atoms with E-state index in [2.05, 4.69) is 10.3 Å². The lowest BCUT2D eigenvalue weighted by molar-refractivity contribution is -0.137. The third-order valence-corrected chi connectivity index (χ3v) is 4.38. The zero-order valence-electron chi connectivity index (χ0n) is 12.7. The van der Waals surface area contributed by atoms with Gasteiger partial charge in [0.15, 0.2) is 4.47 Å². The molecule has 0 saturated heterocycles. The first-order valence-electron chi connectivity index (χ1n) is 7.19. The van der Waals surface area contributed by atoms with Gasteiger partial charge in [0.2, 0.25) is 0 Å². The third-order valence-electron chi connectivity index (χ3n) is 3.26. The molecule has 3 nitrogen and oxygen atoms in total. The van der Waals surface area contributed by atoms with Crippen LogP contribution in [0, 0.1) is 0 Å². The predicted octanol–water partition coefficient (Wildman–Crippen LogP) is 6.22. The normalized spacial score (nSPS) is 11.4. The first-order valence-corrected chi connectivity index (χ1v) is 8.39. The second kappa shape index (κ2) is 7.33. The summed E-state index contributed by atoms with van der Waals surface area (Å²) in [4.78, 5) is 4.97. The van der Waals surface area contributed by atoms with E-state index in [1.165, 1.54) is 23.5 Å². The van der Waals surface area contributed by atoms with Gasteiger partial charge in [0.25, 0.3) is 0 Å². The van der Waals surface area contributed by atoms with Crippen LogP contribution in [0.5, 0.6) is 11.5 Å². The summed E-state index contributed by atoms with van der Waals surface area (Å²) >= 11 is 7.18. The minimum atomic E-state index is -4.35. The summed E-state index contributed by atoms with van der Waals surface area (Å²) in [6.07, 6.45) is -2.64. The molecule has 25 heavy (non-hydrogen) atoms. The molecule has 0 unspecified atom stereocenters. The number of benzene rings is 2. The van der Waals surface area contributed by atoms with Gasteiger partial charge >= 0.3 is 6.18 Å². The fourth-order valence-corrected chi connectivity index (χ4v) is 2.96. The molecule has 3 aromatic rings. The maximum absolute atomic E-state index is 12.5. The van der Waals surface area contributed by atoms with Crippen LogP contribution in [-0.2, 0) is 12.7 Å². The monoisotopic (exact) mass is 384 g/mol. The number of hydrogen-bond acceptors (Lipinski definition) is 4. The highest BCUT2D eigenvalue weighted by molar-refractivity contribution is 7.15. The molecule has 0 aliphatic rings. The summed E-state index contributed by atoms with van der Waals surface area (Å²) in [6.45, 7) is 0.601. The van der Waals surface area contributed by atoms with E-state index in [0.717, 1.165) is 22.7 Å². The Bertz CT molecular complexity index is 832. The standard InChI is InChI=1S/C17H12ClF3N2OS/c18-16-23-10-15(25-16)9-22-12-3-7-14(8-4-12)24-13-5-1-11(2-6-13)17(19,20)21/h1-8,10,22H,9H2. The molecule has 0 aliphatic heterocycles. The van der Waals surface area contributed by atoms with Gasteiger partial charge < -0.3 is 10.1 Å². The molecule has 0 amide bonds. The molecule has 3 rings (SSSR count). The summed E-state index contributed by atoms with van der Waals surface area (Å²) in [5.74, 6) is 0.874. The van der Waals surface area contributed by atoms with Gasteiger partial charge in [0, 0.05) is 16.8 Å². The number of halogens is 4. The number of nitrogens with zero attached hydrogens (tertiary/aromatic N) is 1. The number of ether oxygens (including phenoxy) is 1. The van der Waals surface area contributed by atoms with Crippen LogP contribution in [0.15, 0.2) is 54.7 Å². The molecule has 1 N–H and O–H groups in total. The number of anilines is 1. The van der Waals surface area contributed by atoms with Gasteiger partial charge in [0.05, 0.1) is 12.1 Å². The minimum absolute atomic E-state index is 0.341. The van der Waals surface area contributed by atoms with Crippen LogP contribution in [0.25, 0.3) is 0 Å². The Morgan fingerprint density at radius 2 is 1.60 bits per heavy atom. The fraction of sp³-hybridized carbons (Fsp3) is 0.118. The molecule has 1 aromatic heterocycles. The van der Waals surface area contributed by atoms with Gasteiger partial charge in [-0.3, -0.25) is 0 Å². The third kappa shape index (κ3) is 4.87. The van der Waals surface area contributed by atoms with E-state index in [1.54, 1.807) is 18.3 Å². The summed E-state index contributed by atoms with van der Waals surface area (Å²) < 4.78 is 43.6. The first kappa shape index (κ1) is 17.6. The molecule has 130 valence electrons. The largest absolute Gasteiger partial charge is 0.457 e. The van der Waals surface area contributed by atoms with Crippen LogP contribution in [0.1, 0.15) is 10.4 Å². The van der Waals surface area contributed by atoms with E-state index in [4.69, 9.17) is 16.3 Å². The lowest BCUT2D eigenvalue weighted by atomic mass is 10.2.